The molecule has 200 valence electrons. The third kappa shape index (κ3) is 14.5. The first-order chi connectivity index (χ1) is 16.4. The smallest absolute Gasteiger partial charge is 0.326 e. The van der Waals surface area contributed by atoms with Crippen LogP contribution in [0, 0.1) is 0 Å². The summed E-state index contributed by atoms with van der Waals surface area (Å²) in [5.41, 5.74) is 5.71. The molecule has 3 amide bonds. The average Bonchev–Trinajstić information content (AvgIpc) is 2.79. The van der Waals surface area contributed by atoms with Crippen LogP contribution in [0.15, 0.2) is 0 Å². The van der Waals surface area contributed by atoms with Gasteiger partial charge in [-0.3, -0.25) is 24.0 Å². The van der Waals surface area contributed by atoms with Crippen LogP contribution in [0.2, 0.25) is 0 Å². The summed E-state index contributed by atoms with van der Waals surface area (Å²) < 4.78 is 0. The zero-order chi connectivity index (χ0) is 27.0. The van der Waals surface area contributed by atoms with Crippen LogP contribution < -0.4 is 21.7 Å². The second kappa shape index (κ2) is 17.8. The van der Waals surface area contributed by atoms with Crippen LogP contribution in [0.3, 0.4) is 0 Å². The summed E-state index contributed by atoms with van der Waals surface area (Å²) >= 11 is 2.81. The third-order valence-corrected chi connectivity index (χ3v) is 6.04. The number of aliphatic carboxylic acids is 3. The molecule has 8 N–H and O–H groups in total. The lowest BCUT2D eigenvalue weighted by Crippen LogP contribution is -2.57. The minimum atomic E-state index is -1.45. The summed E-state index contributed by atoms with van der Waals surface area (Å²) in [6.07, 6.45) is 2.70. The van der Waals surface area contributed by atoms with E-state index in [1.807, 2.05) is 0 Å². The Morgan fingerprint density at radius 3 is 1.46 bits per heavy atom. The van der Waals surface area contributed by atoms with E-state index in [0.717, 1.165) is 0 Å². The monoisotopic (exact) mass is 538 g/mol. The molecule has 0 aliphatic carbocycles. The highest BCUT2D eigenvalue weighted by molar-refractivity contribution is 7.98. The number of carboxylic acids is 3. The lowest BCUT2D eigenvalue weighted by atomic mass is 10.1. The van der Waals surface area contributed by atoms with E-state index >= 15 is 0 Å². The van der Waals surface area contributed by atoms with Gasteiger partial charge in [-0.25, -0.2) is 4.79 Å². The van der Waals surface area contributed by atoms with Crippen molar-refractivity contribution in [3.8, 4) is 0 Å². The number of nitrogens with one attached hydrogen (secondary N) is 3. The highest BCUT2D eigenvalue weighted by Gasteiger charge is 2.30. The number of rotatable bonds is 19. The number of amides is 3. The SMILES string of the molecule is CSCCC(NC(=O)C(N)CCC(=O)O)C(=O)NC(CCSC)C(=O)NC(CCC(=O)O)C(=O)O. The second-order valence-electron chi connectivity index (χ2n) is 7.56. The van der Waals surface area contributed by atoms with Gasteiger partial charge in [-0.05, 0) is 49.7 Å². The van der Waals surface area contributed by atoms with E-state index in [-0.39, 0.29) is 32.1 Å². The molecule has 0 aromatic rings. The van der Waals surface area contributed by atoms with Gasteiger partial charge in [0.2, 0.25) is 17.7 Å². The zero-order valence-corrected chi connectivity index (χ0v) is 21.3. The molecule has 13 nitrogen and oxygen atoms in total. The van der Waals surface area contributed by atoms with Gasteiger partial charge in [-0.2, -0.15) is 23.5 Å². The zero-order valence-electron chi connectivity index (χ0n) is 19.7. The Morgan fingerprint density at radius 2 is 1.06 bits per heavy atom. The molecule has 0 aliphatic heterocycles. The normalized spacial score (nSPS) is 14.1. The number of thioether (sulfide) groups is 2. The molecular weight excluding hydrogens is 504 g/mol. The highest BCUT2D eigenvalue weighted by Crippen LogP contribution is 2.07. The van der Waals surface area contributed by atoms with Crippen LogP contribution in [0.25, 0.3) is 0 Å². The molecule has 0 heterocycles. The molecule has 0 aromatic carbocycles. The van der Waals surface area contributed by atoms with Crippen molar-refractivity contribution in [3.63, 3.8) is 0 Å². The van der Waals surface area contributed by atoms with Crippen molar-refractivity contribution in [1.82, 2.24) is 16.0 Å². The number of carboxylic acid groups (broad SMARTS) is 3. The predicted molar refractivity (Wildman–Crippen MR) is 131 cm³/mol. The van der Waals surface area contributed by atoms with Crippen LogP contribution >= 0.6 is 23.5 Å². The molecule has 4 atom stereocenters. The van der Waals surface area contributed by atoms with Crippen molar-refractivity contribution >= 4 is 59.2 Å². The standard InChI is InChI=1S/C20H34N4O9S2/c1-34-9-7-12(22-17(29)11(21)3-5-15(25)26)18(30)23-13(8-10-35-2)19(31)24-14(20(32)33)4-6-16(27)28/h11-14H,3-10,21H2,1-2H3,(H,22,29)(H,23,30)(H,24,31)(H,25,26)(H,27,28)(H,32,33). The van der Waals surface area contributed by atoms with Gasteiger partial charge in [-0.1, -0.05) is 0 Å². The lowest BCUT2D eigenvalue weighted by molar-refractivity contribution is -0.143. The molecule has 35 heavy (non-hydrogen) atoms. The first-order valence-electron chi connectivity index (χ1n) is 10.7. The Labute approximate surface area is 211 Å². The maximum atomic E-state index is 12.9. The second-order valence-corrected chi connectivity index (χ2v) is 9.53. The van der Waals surface area contributed by atoms with Crippen molar-refractivity contribution < 1.29 is 44.1 Å². The van der Waals surface area contributed by atoms with E-state index in [9.17, 15) is 33.9 Å². The predicted octanol–water partition coefficient (Wildman–Crippen LogP) is -0.911. The number of nitrogens with two attached hydrogens (primary N) is 1. The average molecular weight is 539 g/mol. The molecular formula is C20H34N4O9S2. The van der Waals surface area contributed by atoms with Crippen LogP contribution in [-0.4, -0.2) is 99.1 Å². The third-order valence-electron chi connectivity index (χ3n) is 4.75. The van der Waals surface area contributed by atoms with Gasteiger partial charge in [-0.15, -0.1) is 0 Å². The van der Waals surface area contributed by atoms with E-state index in [2.05, 4.69) is 16.0 Å². The fourth-order valence-corrected chi connectivity index (χ4v) is 3.71. The molecule has 0 aromatic heterocycles. The van der Waals surface area contributed by atoms with E-state index in [1.165, 1.54) is 23.5 Å². The quantitative estimate of drug-likeness (QED) is 0.106. The number of carbonyl (C=O) groups is 6. The number of hydrogen-bond acceptors (Lipinski definition) is 9. The van der Waals surface area contributed by atoms with Crippen molar-refractivity contribution in [2.24, 2.45) is 5.73 Å². The Hall–Kier alpha value is -2.52. The van der Waals surface area contributed by atoms with E-state index < -0.39 is 66.2 Å². The van der Waals surface area contributed by atoms with Gasteiger partial charge < -0.3 is 37.0 Å². The molecule has 4 unspecified atom stereocenters. The van der Waals surface area contributed by atoms with Crippen molar-refractivity contribution in [2.45, 2.75) is 62.7 Å². The summed E-state index contributed by atoms with van der Waals surface area (Å²) in [5.74, 6) is -4.99. The van der Waals surface area contributed by atoms with Crippen molar-refractivity contribution in [2.75, 3.05) is 24.0 Å². The maximum absolute atomic E-state index is 12.9. The van der Waals surface area contributed by atoms with Gasteiger partial charge in [0.25, 0.3) is 0 Å². The van der Waals surface area contributed by atoms with E-state index in [0.29, 0.717) is 11.5 Å². The molecule has 0 rings (SSSR count). The summed E-state index contributed by atoms with van der Waals surface area (Å²) in [5, 5.41) is 34.1. The lowest BCUT2D eigenvalue weighted by Gasteiger charge is -2.25. The summed E-state index contributed by atoms with van der Waals surface area (Å²) in [6.45, 7) is 0. The molecule has 0 spiro atoms. The Morgan fingerprint density at radius 1 is 0.657 bits per heavy atom. The first-order valence-corrected chi connectivity index (χ1v) is 13.5. The van der Waals surface area contributed by atoms with Gasteiger partial charge in [0.15, 0.2) is 0 Å². The van der Waals surface area contributed by atoms with Gasteiger partial charge in [0, 0.05) is 12.8 Å². The van der Waals surface area contributed by atoms with E-state index in [1.54, 1.807) is 12.5 Å². The van der Waals surface area contributed by atoms with Gasteiger partial charge in [0.1, 0.15) is 18.1 Å². The molecule has 0 radical (unpaired) electrons. The summed E-state index contributed by atoms with van der Waals surface area (Å²) in [6, 6.07) is -4.78. The summed E-state index contributed by atoms with van der Waals surface area (Å²) in [4.78, 5) is 70.9. The molecule has 15 heteroatoms. The topological polar surface area (TPSA) is 225 Å². The van der Waals surface area contributed by atoms with E-state index in [4.69, 9.17) is 15.9 Å². The Balaban J connectivity index is 5.40. The maximum Gasteiger partial charge on any atom is 0.326 e. The number of carbonyl (C=O) groups excluding carboxylic acids is 3. The van der Waals surface area contributed by atoms with Crippen LogP contribution in [0.4, 0.5) is 0 Å². The fraction of sp³-hybridized carbons (Fsp3) is 0.700. The van der Waals surface area contributed by atoms with Gasteiger partial charge >= 0.3 is 17.9 Å². The molecule has 0 saturated carbocycles. The molecule has 0 bridgehead atoms. The van der Waals surface area contributed by atoms with Crippen molar-refractivity contribution in [1.29, 1.82) is 0 Å². The summed E-state index contributed by atoms with van der Waals surface area (Å²) in [7, 11) is 0. The molecule has 0 fully saturated rings. The van der Waals surface area contributed by atoms with Crippen molar-refractivity contribution in [3.05, 3.63) is 0 Å². The Bertz CT molecular complexity index is 754. The molecule has 0 saturated heterocycles. The minimum absolute atomic E-state index is 0.121. The van der Waals surface area contributed by atoms with Gasteiger partial charge in [0.05, 0.1) is 6.04 Å². The van der Waals surface area contributed by atoms with Crippen LogP contribution in [0.5, 0.6) is 0 Å². The molecule has 0 aliphatic rings. The Kier molecular flexibility index (Phi) is 16.6. The van der Waals surface area contributed by atoms with Crippen LogP contribution in [0.1, 0.15) is 38.5 Å². The minimum Gasteiger partial charge on any atom is -0.481 e. The van der Waals surface area contributed by atoms with Crippen LogP contribution in [-0.2, 0) is 28.8 Å². The number of hydrogen-bond donors (Lipinski definition) is 7. The fourth-order valence-electron chi connectivity index (χ4n) is 2.77. The largest absolute Gasteiger partial charge is 0.481 e. The first kappa shape index (κ1) is 32.5. The highest BCUT2D eigenvalue weighted by atomic mass is 32.2.